The highest BCUT2D eigenvalue weighted by atomic mass is 19.1. The third-order valence-corrected chi connectivity index (χ3v) is 5.35. The fourth-order valence-electron chi connectivity index (χ4n) is 3.80. The number of methoxy groups -OCH3 is 2. The van der Waals surface area contributed by atoms with Crippen molar-refractivity contribution >= 4 is 5.69 Å². The number of nitrogens with two attached hydrogens (primary N) is 1. The van der Waals surface area contributed by atoms with Crippen molar-refractivity contribution in [2.24, 2.45) is 4.99 Å². The topological polar surface area (TPSA) is 91.6 Å². The molecule has 35 heavy (non-hydrogen) atoms. The second-order valence-corrected chi connectivity index (χ2v) is 8.00. The van der Waals surface area contributed by atoms with E-state index in [1.165, 1.54) is 23.9 Å². The van der Waals surface area contributed by atoms with Gasteiger partial charge in [-0.15, -0.1) is 0 Å². The minimum atomic E-state index is -0.397. The van der Waals surface area contributed by atoms with Gasteiger partial charge in [0.25, 0.3) is 0 Å². The van der Waals surface area contributed by atoms with Gasteiger partial charge in [0.1, 0.15) is 23.1 Å². The molecule has 0 aliphatic heterocycles. The van der Waals surface area contributed by atoms with Crippen molar-refractivity contribution in [1.82, 2.24) is 14.2 Å². The first kappa shape index (κ1) is 23.6. The zero-order valence-corrected chi connectivity index (χ0v) is 20.0. The molecule has 0 saturated heterocycles. The van der Waals surface area contributed by atoms with Crippen LogP contribution in [-0.4, -0.2) is 28.4 Å². The first-order chi connectivity index (χ1) is 16.8. The monoisotopic (exact) mass is 474 g/mol. The summed E-state index contributed by atoms with van der Waals surface area (Å²) in [6.45, 7) is 7.88. The van der Waals surface area contributed by atoms with Crippen molar-refractivity contribution < 1.29 is 13.9 Å². The van der Waals surface area contributed by atoms with Crippen LogP contribution in [0.25, 0.3) is 16.8 Å². The quantitative estimate of drug-likeness (QED) is 0.390. The summed E-state index contributed by atoms with van der Waals surface area (Å²) in [4.78, 5) is 8.91. The van der Waals surface area contributed by atoms with Gasteiger partial charge in [-0.25, -0.2) is 14.4 Å². The van der Waals surface area contributed by atoms with Crippen LogP contribution in [-0.2, 0) is 0 Å². The number of nitrogens with one attached hydrogen (secondary N) is 1. The number of hydrogen-bond acceptors (Lipinski definition) is 6. The lowest BCUT2D eigenvalue weighted by Gasteiger charge is -2.14. The third kappa shape index (κ3) is 5.03. The SMILES string of the molecule is C=C(/N=c1/c(-c2ccc(F)cc2OC)cc(C)cn1N)Nc1ccc(-n2cnc(C)c2)c(OC)c1. The van der Waals surface area contributed by atoms with Gasteiger partial charge in [-0.1, -0.05) is 6.58 Å². The molecule has 0 bridgehead atoms. The summed E-state index contributed by atoms with van der Waals surface area (Å²) in [5.74, 6) is 7.25. The van der Waals surface area contributed by atoms with Crippen LogP contribution < -0.4 is 26.1 Å². The minimum Gasteiger partial charge on any atom is -0.496 e. The Morgan fingerprint density at radius 3 is 2.49 bits per heavy atom. The number of benzene rings is 2. The molecule has 3 N–H and O–H groups in total. The Hall–Kier alpha value is -4.53. The van der Waals surface area contributed by atoms with E-state index in [9.17, 15) is 4.39 Å². The Labute approximate surface area is 202 Å². The van der Waals surface area contributed by atoms with E-state index in [1.807, 2.05) is 48.9 Å². The number of halogens is 1. The fourth-order valence-corrected chi connectivity index (χ4v) is 3.80. The fraction of sp³-hybridized carbons (Fsp3) is 0.154. The van der Waals surface area contributed by atoms with Gasteiger partial charge in [-0.2, -0.15) is 0 Å². The maximum absolute atomic E-state index is 13.8. The van der Waals surface area contributed by atoms with Crippen molar-refractivity contribution in [3.05, 3.63) is 96.1 Å². The van der Waals surface area contributed by atoms with E-state index in [0.29, 0.717) is 33.9 Å². The van der Waals surface area contributed by atoms with E-state index in [1.54, 1.807) is 25.7 Å². The van der Waals surface area contributed by atoms with E-state index in [0.717, 1.165) is 22.6 Å². The Kier molecular flexibility index (Phi) is 6.59. The van der Waals surface area contributed by atoms with E-state index < -0.39 is 5.82 Å². The van der Waals surface area contributed by atoms with Crippen molar-refractivity contribution in [1.29, 1.82) is 0 Å². The molecule has 0 aliphatic rings. The van der Waals surface area contributed by atoms with Crippen LogP contribution in [0, 0.1) is 19.7 Å². The van der Waals surface area contributed by atoms with Gasteiger partial charge < -0.3 is 25.2 Å². The van der Waals surface area contributed by atoms with E-state index >= 15 is 0 Å². The zero-order valence-electron chi connectivity index (χ0n) is 20.0. The van der Waals surface area contributed by atoms with E-state index in [-0.39, 0.29) is 0 Å². The van der Waals surface area contributed by atoms with Crippen LogP contribution in [0.1, 0.15) is 11.3 Å². The second-order valence-electron chi connectivity index (χ2n) is 8.00. The summed E-state index contributed by atoms with van der Waals surface area (Å²) in [5.41, 5.74) is 5.15. The van der Waals surface area contributed by atoms with Gasteiger partial charge in [0, 0.05) is 41.3 Å². The van der Waals surface area contributed by atoms with E-state index in [4.69, 9.17) is 15.3 Å². The van der Waals surface area contributed by atoms with Crippen LogP contribution in [0.5, 0.6) is 11.5 Å². The number of pyridine rings is 1. The molecule has 0 unspecified atom stereocenters. The van der Waals surface area contributed by atoms with Crippen molar-refractivity contribution in [3.63, 3.8) is 0 Å². The van der Waals surface area contributed by atoms with Gasteiger partial charge in [0.05, 0.1) is 31.9 Å². The van der Waals surface area contributed by atoms with Crippen molar-refractivity contribution in [2.75, 3.05) is 25.4 Å². The Morgan fingerprint density at radius 1 is 1.03 bits per heavy atom. The maximum atomic E-state index is 13.8. The number of nitrogens with zero attached hydrogens (tertiary/aromatic N) is 4. The molecule has 0 spiro atoms. The molecule has 8 nitrogen and oxygen atoms in total. The molecule has 9 heteroatoms. The predicted molar refractivity (Wildman–Crippen MR) is 134 cm³/mol. The van der Waals surface area contributed by atoms with Gasteiger partial charge in [-0.3, -0.25) is 4.68 Å². The van der Waals surface area contributed by atoms with Crippen LogP contribution in [0.3, 0.4) is 0 Å². The zero-order chi connectivity index (χ0) is 25.1. The summed E-state index contributed by atoms with van der Waals surface area (Å²) >= 11 is 0. The van der Waals surface area contributed by atoms with Gasteiger partial charge in [0.15, 0.2) is 5.49 Å². The van der Waals surface area contributed by atoms with Crippen LogP contribution in [0.15, 0.2) is 78.6 Å². The lowest BCUT2D eigenvalue weighted by atomic mass is 10.0. The summed E-state index contributed by atoms with van der Waals surface area (Å²) in [6, 6.07) is 11.9. The molecule has 2 aromatic carbocycles. The average molecular weight is 475 g/mol. The molecule has 0 aliphatic carbocycles. The first-order valence-electron chi connectivity index (χ1n) is 10.8. The van der Waals surface area contributed by atoms with Crippen LogP contribution in [0.4, 0.5) is 10.1 Å². The molecule has 180 valence electrons. The molecular weight excluding hydrogens is 447 g/mol. The number of anilines is 1. The molecule has 2 aromatic heterocycles. The Morgan fingerprint density at radius 2 is 1.80 bits per heavy atom. The molecule has 0 fully saturated rings. The molecule has 0 radical (unpaired) electrons. The van der Waals surface area contributed by atoms with Gasteiger partial charge in [0.2, 0.25) is 0 Å². The number of nitrogen functional groups attached to an aromatic ring is 1. The van der Waals surface area contributed by atoms with Crippen molar-refractivity contribution in [2.45, 2.75) is 13.8 Å². The summed E-state index contributed by atoms with van der Waals surface area (Å²) in [7, 11) is 3.10. The molecule has 0 saturated carbocycles. The lowest BCUT2D eigenvalue weighted by molar-refractivity contribution is 0.413. The predicted octanol–water partition coefficient (Wildman–Crippen LogP) is 4.31. The van der Waals surface area contributed by atoms with Crippen LogP contribution in [0.2, 0.25) is 0 Å². The summed E-state index contributed by atoms with van der Waals surface area (Å²) in [6.07, 6.45) is 5.40. The second kappa shape index (κ2) is 9.76. The molecule has 0 amide bonds. The normalized spacial score (nSPS) is 11.4. The Bertz CT molecular complexity index is 1470. The summed E-state index contributed by atoms with van der Waals surface area (Å²) < 4.78 is 28.1. The molecule has 0 atom stereocenters. The summed E-state index contributed by atoms with van der Waals surface area (Å²) in [5, 5.41) is 3.18. The third-order valence-electron chi connectivity index (χ3n) is 5.35. The first-order valence-corrected chi connectivity index (χ1v) is 10.8. The van der Waals surface area contributed by atoms with Gasteiger partial charge in [-0.05, 0) is 49.7 Å². The molecule has 4 aromatic rings. The number of rotatable bonds is 7. The minimum absolute atomic E-state index is 0.351. The lowest BCUT2D eigenvalue weighted by Crippen LogP contribution is -2.30. The number of aromatic nitrogens is 3. The molecule has 4 rings (SSSR count). The highest BCUT2D eigenvalue weighted by molar-refractivity contribution is 5.70. The van der Waals surface area contributed by atoms with Crippen LogP contribution >= 0.6 is 0 Å². The smallest absolute Gasteiger partial charge is 0.161 e. The Balaban J connectivity index is 1.71. The number of imidazole rings is 1. The highest BCUT2D eigenvalue weighted by Crippen LogP contribution is 2.30. The standard InChI is InChI=1S/C26H27FN6O2/c1-16-10-22(21-8-6-19(27)11-24(21)34-4)26(33(28)13-16)31-18(3)30-20-7-9-23(25(12-20)35-5)32-14-17(2)29-15-32/h6-15,30H,3,28H2,1-2,4-5H3/b31-26-. The number of ether oxygens (including phenoxy) is 2. The van der Waals surface area contributed by atoms with E-state index in [2.05, 4.69) is 21.9 Å². The molecule has 2 heterocycles. The average Bonchev–Trinajstić information content (AvgIpc) is 3.26. The number of hydrogen-bond donors (Lipinski definition) is 2. The maximum Gasteiger partial charge on any atom is 0.161 e. The van der Waals surface area contributed by atoms with Crippen molar-refractivity contribution in [3.8, 4) is 28.3 Å². The highest BCUT2D eigenvalue weighted by Gasteiger charge is 2.13. The molecular formula is C26H27FN6O2. The number of aryl methyl sites for hydroxylation is 2. The largest absolute Gasteiger partial charge is 0.496 e. The van der Waals surface area contributed by atoms with Gasteiger partial charge >= 0.3 is 0 Å².